The number of carbonyl (C=O) groups excluding carboxylic acids is 1. The highest BCUT2D eigenvalue weighted by atomic mass is 32.2. The second-order valence-corrected chi connectivity index (χ2v) is 3.41. The molecule has 0 bridgehead atoms. The summed E-state index contributed by atoms with van der Waals surface area (Å²) in [6.07, 6.45) is -1.63. The topological polar surface area (TPSA) is 75.6 Å². The Bertz CT molecular complexity index is 196. The third-order valence-electron chi connectivity index (χ3n) is 1.31. The molecule has 0 aromatic rings. The van der Waals surface area contributed by atoms with Gasteiger partial charge < -0.3 is 15.2 Å². The standard InChI is InChI=1S/C6H9NO4S/c8-4-1-2-12-3-5(7-4)11-6(9)10/h5H,1-3H2,(H,7,8)(H,9,10). The lowest BCUT2D eigenvalue weighted by atomic mass is 10.4. The van der Waals surface area contributed by atoms with Crippen molar-refractivity contribution in [2.24, 2.45) is 0 Å². The zero-order valence-corrected chi connectivity index (χ0v) is 7.10. The van der Waals surface area contributed by atoms with Crippen LogP contribution in [-0.4, -0.2) is 34.9 Å². The molecule has 0 aromatic carbocycles. The predicted octanol–water partition coefficient (Wildman–Crippen LogP) is 0.260. The van der Waals surface area contributed by atoms with Crippen molar-refractivity contribution >= 4 is 23.8 Å². The van der Waals surface area contributed by atoms with E-state index in [1.165, 1.54) is 11.8 Å². The number of hydrogen-bond acceptors (Lipinski definition) is 4. The molecule has 0 radical (unpaired) electrons. The fourth-order valence-electron chi connectivity index (χ4n) is 0.834. The molecule has 1 aliphatic rings. The fourth-order valence-corrected chi connectivity index (χ4v) is 1.70. The first-order valence-electron chi connectivity index (χ1n) is 3.45. The quantitative estimate of drug-likeness (QED) is 0.581. The van der Waals surface area contributed by atoms with Gasteiger partial charge in [-0.15, -0.1) is 0 Å². The Hall–Kier alpha value is -0.910. The van der Waals surface area contributed by atoms with E-state index in [1.54, 1.807) is 0 Å². The number of amides is 1. The van der Waals surface area contributed by atoms with Crippen LogP contribution in [0, 0.1) is 0 Å². The van der Waals surface area contributed by atoms with Crippen molar-refractivity contribution in [1.29, 1.82) is 0 Å². The molecule has 68 valence electrons. The van der Waals surface area contributed by atoms with E-state index in [9.17, 15) is 9.59 Å². The summed E-state index contributed by atoms with van der Waals surface area (Å²) in [5.41, 5.74) is 0. The summed E-state index contributed by atoms with van der Waals surface area (Å²) in [5, 5.41) is 10.7. The summed E-state index contributed by atoms with van der Waals surface area (Å²) in [6, 6.07) is 0. The van der Waals surface area contributed by atoms with Crippen molar-refractivity contribution < 1.29 is 19.4 Å². The van der Waals surface area contributed by atoms with E-state index in [2.05, 4.69) is 10.1 Å². The minimum absolute atomic E-state index is 0.161. The van der Waals surface area contributed by atoms with E-state index >= 15 is 0 Å². The summed E-state index contributed by atoms with van der Waals surface area (Å²) in [5.74, 6) is 1.04. The number of rotatable bonds is 1. The van der Waals surface area contributed by atoms with E-state index in [0.29, 0.717) is 17.9 Å². The van der Waals surface area contributed by atoms with Gasteiger partial charge in [0.25, 0.3) is 0 Å². The number of hydrogen-bond donors (Lipinski definition) is 2. The molecule has 1 fully saturated rings. The molecule has 1 amide bonds. The van der Waals surface area contributed by atoms with Crippen molar-refractivity contribution in [3.63, 3.8) is 0 Å². The molecule has 0 spiro atoms. The number of carboxylic acid groups (broad SMARTS) is 1. The van der Waals surface area contributed by atoms with Gasteiger partial charge in [0.2, 0.25) is 5.91 Å². The van der Waals surface area contributed by atoms with Crippen molar-refractivity contribution in [3.05, 3.63) is 0 Å². The number of ether oxygens (including phenoxy) is 1. The van der Waals surface area contributed by atoms with E-state index in [0.717, 1.165) is 0 Å². The molecular formula is C6H9NO4S. The first kappa shape index (κ1) is 9.18. The highest BCUT2D eigenvalue weighted by Gasteiger charge is 2.19. The first-order chi connectivity index (χ1) is 5.68. The van der Waals surface area contributed by atoms with Gasteiger partial charge in [-0.2, -0.15) is 11.8 Å². The SMILES string of the molecule is O=C1CCSCC(OC(=O)O)N1. The van der Waals surface area contributed by atoms with Crippen LogP contribution >= 0.6 is 11.8 Å². The third-order valence-corrected chi connectivity index (χ3v) is 2.34. The van der Waals surface area contributed by atoms with E-state index in [4.69, 9.17) is 5.11 Å². The molecular weight excluding hydrogens is 182 g/mol. The second-order valence-electron chi connectivity index (χ2n) is 2.26. The molecule has 1 unspecified atom stereocenters. The lowest BCUT2D eigenvalue weighted by Crippen LogP contribution is -2.38. The highest BCUT2D eigenvalue weighted by Crippen LogP contribution is 2.10. The smallest absolute Gasteiger partial charge is 0.450 e. The Balaban J connectivity index is 2.41. The van der Waals surface area contributed by atoms with E-state index < -0.39 is 12.4 Å². The van der Waals surface area contributed by atoms with Crippen molar-refractivity contribution in [1.82, 2.24) is 5.32 Å². The molecule has 12 heavy (non-hydrogen) atoms. The minimum atomic E-state index is -1.36. The Morgan fingerprint density at radius 3 is 3.17 bits per heavy atom. The molecule has 0 aromatic heterocycles. The summed E-state index contributed by atoms with van der Waals surface area (Å²) in [6.45, 7) is 0. The van der Waals surface area contributed by atoms with Gasteiger partial charge in [-0.25, -0.2) is 4.79 Å². The Morgan fingerprint density at radius 1 is 1.75 bits per heavy atom. The Labute approximate surface area is 73.5 Å². The fraction of sp³-hybridized carbons (Fsp3) is 0.667. The maximum Gasteiger partial charge on any atom is 0.507 e. The summed E-state index contributed by atoms with van der Waals surface area (Å²) in [4.78, 5) is 21.0. The average molecular weight is 191 g/mol. The summed E-state index contributed by atoms with van der Waals surface area (Å²) >= 11 is 1.50. The van der Waals surface area contributed by atoms with Gasteiger partial charge in [0, 0.05) is 17.9 Å². The zero-order chi connectivity index (χ0) is 8.97. The van der Waals surface area contributed by atoms with Crippen LogP contribution in [0.25, 0.3) is 0 Å². The molecule has 1 saturated heterocycles. The normalized spacial score (nSPS) is 24.0. The zero-order valence-electron chi connectivity index (χ0n) is 6.28. The van der Waals surface area contributed by atoms with Gasteiger partial charge in [0.15, 0.2) is 6.23 Å². The van der Waals surface area contributed by atoms with Crippen LogP contribution < -0.4 is 5.32 Å². The maximum atomic E-state index is 10.9. The molecule has 1 atom stereocenters. The molecule has 1 rings (SSSR count). The first-order valence-corrected chi connectivity index (χ1v) is 4.60. The van der Waals surface area contributed by atoms with Crippen molar-refractivity contribution in [2.75, 3.05) is 11.5 Å². The van der Waals surface area contributed by atoms with Crippen molar-refractivity contribution in [3.8, 4) is 0 Å². The van der Waals surface area contributed by atoms with Gasteiger partial charge in [0.1, 0.15) is 0 Å². The van der Waals surface area contributed by atoms with Gasteiger partial charge >= 0.3 is 6.16 Å². The minimum Gasteiger partial charge on any atom is -0.450 e. The van der Waals surface area contributed by atoms with Crippen LogP contribution in [0.4, 0.5) is 4.79 Å². The second kappa shape index (κ2) is 4.20. The number of carbonyl (C=O) groups is 2. The lowest BCUT2D eigenvalue weighted by Gasteiger charge is -2.12. The summed E-state index contributed by atoms with van der Waals surface area (Å²) < 4.78 is 4.41. The molecule has 6 heteroatoms. The van der Waals surface area contributed by atoms with Gasteiger partial charge in [0.05, 0.1) is 0 Å². The molecule has 0 saturated carbocycles. The average Bonchev–Trinajstić information content (AvgIpc) is 2.12. The van der Waals surface area contributed by atoms with Crippen LogP contribution in [0.1, 0.15) is 6.42 Å². The van der Waals surface area contributed by atoms with Gasteiger partial charge in [-0.3, -0.25) is 4.79 Å². The molecule has 1 aliphatic heterocycles. The van der Waals surface area contributed by atoms with Crippen LogP contribution in [-0.2, 0) is 9.53 Å². The maximum absolute atomic E-state index is 10.9. The molecule has 1 heterocycles. The van der Waals surface area contributed by atoms with Crippen molar-refractivity contribution in [2.45, 2.75) is 12.6 Å². The predicted molar refractivity (Wildman–Crippen MR) is 43.0 cm³/mol. The Morgan fingerprint density at radius 2 is 2.50 bits per heavy atom. The van der Waals surface area contributed by atoms with Gasteiger partial charge in [-0.05, 0) is 0 Å². The summed E-state index contributed by atoms with van der Waals surface area (Å²) in [7, 11) is 0. The molecule has 2 N–H and O–H groups in total. The van der Waals surface area contributed by atoms with E-state index in [1.807, 2.05) is 0 Å². The highest BCUT2D eigenvalue weighted by molar-refractivity contribution is 7.99. The van der Waals surface area contributed by atoms with Gasteiger partial charge in [-0.1, -0.05) is 0 Å². The number of nitrogens with one attached hydrogen (secondary N) is 1. The van der Waals surface area contributed by atoms with E-state index in [-0.39, 0.29) is 5.91 Å². The van der Waals surface area contributed by atoms with Crippen LogP contribution in [0.3, 0.4) is 0 Å². The number of thioether (sulfide) groups is 1. The van der Waals surface area contributed by atoms with Crippen LogP contribution in [0.15, 0.2) is 0 Å². The monoisotopic (exact) mass is 191 g/mol. The van der Waals surface area contributed by atoms with Crippen LogP contribution in [0.2, 0.25) is 0 Å². The third kappa shape index (κ3) is 3.00. The lowest BCUT2D eigenvalue weighted by molar-refractivity contribution is -0.123. The largest absolute Gasteiger partial charge is 0.507 e. The molecule has 0 aliphatic carbocycles. The molecule has 5 nitrogen and oxygen atoms in total. The Kier molecular flexibility index (Phi) is 3.21. The van der Waals surface area contributed by atoms with Crippen LogP contribution in [0.5, 0.6) is 0 Å².